The van der Waals surface area contributed by atoms with Gasteiger partial charge >= 0.3 is 0 Å². The molecule has 7 heteroatoms. The van der Waals surface area contributed by atoms with Crippen LogP contribution >= 0.6 is 11.8 Å². The number of halogens is 1. The predicted octanol–water partition coefficient (Wildman–Crippen LogP) is 1.50. The lowest BCUT2D eigenvalue weighted by atomic mass is 10.0. The van der Waals surface area contributed by atoms with Crippen LogP contribution in [0.25, 0.3) is 0 Å². The molecule has 29 heavy (non-hydrogen) atoms. The summed E-state index contributed by atoms with van der Waals surface area (Å²) in [5, 5.41) is -0.310. The van der Waals surface area contributed by atoms with Crippen molar-refractivity contribution in [3.63, 3.8) is 0 Å². The quantitative estimate of drug-likeness (QED) is 0.825. The molecule has 0 aromatic heterocycles. The topological polar surface area (TPSA) is 45.1 Å². The zero-order chi connectivity index (χ0) is 20.4. The molecule has 0 bridgehead atoms. The fourth-order valence-corrected chi connectivity index (χ4v) is 5.14. The lowest BCUT2D eigenvalue weighted by Gasteiger charge is -2.37. The lowest BCUT2D eigenvalue weighted by Crippen LogP contribution is -3.12. The number of likely N-dealkylation sites (N-methyl/N-ethyl adjacent to an activating group) is 1. The number of hydrogen-bond donors (Lipinski definition) is 1. The second-order valence-corrected chi connectivity index (χ2v) is 8.68. The van der Waals surface area contributed by atoms with E-state index in [1.165, 1.54) is 28.8 Å². The average Bonchev–Trinajstić information content (AvgIpc) is 3.11. The van der Waals surface area contributed by atoms with Crippen LogP contribution in [0.2, 0.25) is 0 Å². The SMILES string of the molecule is C[NH+]1CCN(C(=O)[C@H](c2ccccc2)N2C(=O)CS[C@H]2c2ccc(F)cc2)CC1. The van der Waals surface area contributed by atoms with Gasteiger partial charge < -0.3 is 14.7 Å². The van der Waals surface area contributed by atoms with E-state index in [9.17, 15) is 14.0 Å². The molecule has 2 fully saturated rings. The second-order valence-electron chi connectivity index (χ2n) is 7.61. The molecule has 5 nitrogen and oxygen atoms in total. The van der Waals surface area contributed by atoms with Gasteiger partial charge in [0.2, 0.25) is 11.8 Å². The van der Waals surface area contributed by atoms with Crippen molar-refractivity contribution in [1.29, 1.82) is 0 Å². The Kier molecular flexibility index (Phi) is 5.87. The summed E-state index contributed by atoms with van der Waals surface area (Å²) in [6.07, 6.45) is 0. The highest BCUT2D eigenvalue weighted by Crippen LogP contribution is 2.44. The first-order chi connectivity index (χ1) is 14.0. The van der Waals surface area contributed by atoms with Crippen molar-refractivity contribution in [2.24, 2.45) is 0 Å². The van der Waals surface area contributed by atoms with Gasteiger partial charge in [-0.15, -0.1) is 11.8 Å². The predicted molar refractivity (Wildman–Crippen MR) is 111 cm³/mol. The van der Waals surface area contributed by atoms with E-state index in [0.717, 1.165) is 24.2 Å². The molecule has 152 valence electrons. The van der Waals surface area contributed by atoms with Crippen LogP contribution in [-0.2, 0) is 9.59 Å². The molecule has 0 saturated carbocycles. The standard InChI is InChI=1S/C22H24FN3O2S/c1-24-11-13-25(14-12-24)21(28)20(16-5-3-2-4-6-16)26-19(27)15-29-22(26)17-7-9-18(23)10-8-17/h2-10,20,22H,11-15H2,1H3/p+1/t20-,22-/m0/s1. The summed E-state index contributed by atoms with van der Waals surface area (Å²) in [4.78, 5) is 31.5. The van der Waals surface area contributed by atoms with Crippen LogP contribution in [0, 0.1) is 5.82 Å². The maximum Gasteiger partial charge on any atom is 0.250 e. The van der Waals surface area contributed by atoms with Crippen molar-refractivity contribution in [2.75, 3.05) is 39.0 Å². The largest absolute Gasteiger partial charge is 0.334 e. The van der Waals surface area contributed by atoms with Crippen LogP contribution < -0.4 is 4.90 Å². The fourth-order valence-electron chi connectivity index (χ4n) is 3.94. The van der Waals surface area contributed by atoms with Crippen molar-refractivity contribution < 1.29 is 18.9 Å². The molecule has 2 aliphatic heterocycles. The summed E-state index contributed by atoms with van der Waals surface area (Å²) < 4.78 is 13.4. The van der Waals surface area contributed by atoms with E-state index in [2.05, 4.69) is 7.05 Å². The first kappa shape index (κ1) is 19.9. The van der Waals surface area contributed by atoms with Crippen molar-refractivity contribution in [2.45, 2.75) is 11.4 Å². The van der Waals surface area contributed by atoms with E-state index >= 15 is 0 Å². The number of hydrogen-bond acceptors (Lipinski definition) is 3. The molecule has 2 heterocycles. The number of nitrogens with zero attached hydrogens (tertiary/aromatic N) is 2. The molecule has 0 unspecified atom stereocenters. The van der Waals surface area contributed by atoms with Gasteiger partial charge in [0.15, 0.2) is 0 Å². The minimum atomic E-state index is -0.674. The Bertz CT molecular complexity index is 869. The minimum absolute atomic E-state index is 0.0355. The Morgan fingerprint density at radius 2 is 1.76 bits per heavy atom. The van der Waals surface area contributed by atoms with Crippen LogP contribution in [0.5, 0.6) is 0 Å². The van der Waals surface area contributed by atoms with Gasteiger partial charge in [0.1, 0.15) is 17.2 Å². The third kappa shape index (κ3) is 4.16. The van der Waals surface area contributed by atoms with Crippen LogP contribution in [0.4, 0.5) is 4.39 Å². The van der Waals surface area contributed by atoms with E-state index < -0.39 is 6.04 Å². The molecule has 0 radical (unpaired) electrons. The molecule has 2 aromatic rings. The third-order valence-corrected chi connectivity index (χ3v) is 6.85. The first-order valence-electron chi connectivity index (χ1n) is 9.88. The zero-order valence-corrected chi connectivity index (χ0v) is 17.2. The Hall–Kier alpha value is -2.38. The van der Waals surface area contributed by atoms with Crippen molar-refractivity contribution in [3.05, 3.63) is 71.5 Å². The fraction of sp³-hybridized carbons (Fsp3) is 0.364. The van der Waals surface area contributed by atoms with Gasteiger partial charge in [-0.25, -0.2) is 4.39 Å². The maximum absolute atomic E-state index is 13.6. The van der Waals surface area contributed by atoms with E-state index in [1.807, 2.05) is 35.2 Å². The van der Waals surface area contributed by atoms with E-state index in [1.54, 1.807) is 17.0 Å². The van der Waals surface area contributed by atoms with Gasteiger partial charge in [-0.2, -0.15) is 0 Å². The monoisotopic (exact) mass is 414 g/mol. The molecule has 2 saturated heterocycles. The Morgan fingerprint density at radius 1 is 1.10 bits per heavy atom. The summed E-state index contributed by atoms with van der Waals surface area (Å²) in [6.45, 7) is 3.17. The molecule has 4 rings (SSSR count). The molecule has 0 spiro atoms. The van der Waals surface area contributed by atoms with Crippen LogP contribution in [0.15, 0.2) is 54.6 Å². The average molecular weight is 415 g/mol. The number of amides is 2. The normalized spacial score (nSPS) is 21.4. The summed E-state index contributed by atoms with van der Waals surface area (Å²) >= 11 is 1.48. The number of rotatable bonds is 4. The minimum Gasteiger partial charge on any atom is -0.334 e. The molecular formula is C22H25FN3O2S+. The number of nitrogens with one attached hydrogen (secondary N) is 1. The van der Waals surface area contributed by atoms with Gasteiger partial charge in [-0.1, -0.05) is 42.5 Å². The summed E-state index contributed by atoms with van der Waals surface area (Å²) in [5.41, 5.74) is 1.64. The number of carbonyl (C=O) groups excluding carboxylic acids is 2. The molecule has 0 aliphatic carbocycles. The molecule has 1 N–H and O–H groups in total. The molecule has 2 aliphatic rings. The Morgan fingerprint density at radius 3 is 2.41 bits per heavy atom. The number of carbonyl (C=O) groups is 2. The van der Waals surface area contributed by atoms with Crippen molar-refractivity contribution >= 4 is 23.6 Å². The number of piperazine rings is 1. The molecule has 2 atom stereocenters. The van der Waals surface area contributed by atoms with Crippen LogP contribution in [0.1, 0.15) is 22.5 Å². The zero-order valence-electron chi connectivity index (χ0n) is 16.4. The molecule has 2 amide bonds. The smallest absolute Gasteiger partial charge is 0.250 e. The van der Waals surface area contributed by atoms with Crippen LogP contribution in [0.3, 0.4) is 0 Å². The summed E-state index contributed by atoms with van der Waals surface area (Å²) in [7, 11) is 2.13. The summed E-state index contributed by atoms with van der Waals surface area (Å²) in [5.74, 6) is -0.103. The van der Waals surface area contributed by atoms with E-state index in [0.29, 0.717) is 18.8 Å². The van der Waals surface area contributed by atoms with E-state index in [4.69, 9.17) is 0 Å². The van der Waals surface area contributed by atoms with Crippen molar-refractivity contribution in [3.8, 4) is 0 Å². The first-order valence-corrected chi connectivity index (χ1v) is 10.9. The van der Waals surface area contributed by atoms with Crippen LogP contribution in [-0.4, -0.2) is 60.6 Å². The van der Waals surface area contributed by atoms with Gasteiger partial charge in [0.05, 0.1) is 39.0 Å². The van der Waals surface area contributed by atoms with E-state index in [-0.39, 0.29) is 23.0 Å². The number of benzene rings is 2. The Balaban J connectivity index is 1.70. The second kappa shape index (κ2) is 8.55. The third-order valence-electron chi connectivity index (χ3n) is 5.62. The van der Waals surface area contributed by atoms with Gasteiger partial charge in [0, 0.05) is 0 Å². The van der Waals surface area contributed by atoms with Gasteiger partial charge in [0.25, 0.3) is 0 Å². The van der Waals surface area contributed by atoms with Gasteiger partial charge in [-0.3, -0.25) is 9.59 Å². The summed E-state index contributed by atoms with van der Waals surface area (Å²) in [6, 6.07) is 15.0. The highest BCUT2D eigenvalue weighted by Gasteiger charge is 2.43. The van der Waals surface area contributed by atoms with Crippen molar-refractivity contribution in [1.82, 2.24) is 9.80 Å². The maximum atomic E-state index is 13.6. The number of thioether (sulfide) groups is 1. The highest BCUT2D eigenvalue weighted by atomic mass is 32.2. The van der Waals surface area contributed by atoms with Gasteiger partial charge in [-0.05, 0) is 23.3 Å². The highest BCUT2D eigenvalue weighted by molar-refractivity contribution is 8.00. The molecule has 2 aromatic carbocycles. The lowest BCUT2D eigenvalue weighted by molar-refractivity contribution is -0.883. The Labute approximate surface area is 174 Å². The molecular weight excluding hydrogens is 389 g/mol. The number of quaternary nitrogens is 1.